The molecule has 7 aromatic rings. The fourth-order valence-electron chi connectivity index (χ4n) is 11.0. The van der Waals surface area contributed by atoms with E-state index >= 15 is 0 Å². The van der Waals surface area contributed by atoms with E-state index in [1.807, 2.05) is 36.8 Å². The minimum absolute atomic E-state index is 0.0192. The molecule has 5 heteroatoms. The van der Waals surface area contributed by atoms with E-state index in [-0.39, 0.29) is 16.2 Å². The van der Waals surface area contributed by atoms with E-state index in [0.29, 0.717) is 5.02 Å². The van der Waals surface area contributed by atoms with Crippen LogP contribution in [0.1, 0.15) is 96.8 Å². The van der Waals surface area contributed by atoms with Gasteiger partial charge in [0.15, 0.2) is 0 Å². The number of halogens is 1. The Bertz CT molecular complexity index is 2410. The lowest BCUT2D eigenvalue weighted by molar-refractivity contribution is -0.00515. The standard InChI is InChI=1S/C52H53ClN2O2/c1-50(2,3)36-15-19-39(20-16-36)54(45-31-56-47-13-9-7-11-41(45)47)43-26-38(52-28-33-23-34(29-52)25-35(24-33)30-52)27-44(49(43)53)55(40-21-17-37(18-22-40)51(4,5)6)46-32-57-48-14-10-8-12-42(46)48/h7-22,26-27,31-35H,23-25,28-30H2,1-6H3. The van der Waals surface area contributed by atoms with Gasteiger partial charge in [-0.05, 0) is 150 Å². The number of anilines is 6. The van der Waals surface area contributed by atoms with Gasteiger partial charge in [-0.25, -0.2) is 0 Å². The van der Waals surface area contributed by atoms with Crippen LogP contribution >= 0.6 is 11.6 Å². The van der Waals surface area contributed by atoms with E-state index in [4.69, 9.17) is 20.4 Å². The second kappa shape index (κ2) is 13.3. The van der Waals surface area contributed by atoms with Gasteiger partial charge in [-0.3, -0.25) is 0 Å². The van der Waals surface area contributed by atoms with E-state index in [1.165, 1.54) is 55.2 Å². The number of hydrogen-bond donors (Lipinski definition) is 0. The average Bonchev–Trinajstić information content (AvgIpc) is 3.80. The number of benzene rings is 5. The Kier molecular flexibility index (Phi) is 8.50. The van der Waals surface area contributed by atoms with Crippen LogP contribution in [-0.4, -0.2) is 0 Å². The van der Waals surface area contributed by atoms with E-state index in [0.717, 1.165) is 73.8 Å². The van der Waals surface area contributed by atoms with Crippen LogP contribution in [0, 0.1) is 17.8 Å². The Hall–Kier alpha value is -4.93. The maximum atomic E-state index is 8.08. The van der Waals surface area contributed by atoms with Crippen LogP contribution in [0.4, 0.5) is 34.1 Å². The molecule has 0 unspecified atom stereocenters. The van der Waals surface area contributed by atoms with Gasteiger partial charge in [0.1, 0.15) is 23.7 Å². The summed E-state index contributed by atoms with van der Waals surface area (Å²) < 4.78 is 12.6. The summed E-state index contributed by atoms with van der Waals surface area (Å²) in [5, 5.41) is 2.77. The molecule has 4 nitrogen and oxygen atoms in total. The quantitative estimate of drug-likeness (QED) is 0.162. The first-order valence-corrected chi connectivity index (χ1v) is 21.3. The molecule has 290 valence electrons. The van der Waals surface area contributed by atoms with Crippen molar-refractivity contribution in [3.63, 3.8) is 0 Å². The maximum absolute atomic E-state index is 8.08. The van der Waals surface area contributed by atoms with E-state index in [9.17, 15) is 0 Å². The predicted molar refractivity (Wildman–Crippen MR) is 238 cm³/mol. The van der Waals surface area contributed by atoms with Crippen LogP contribution in [0.3, 0.4) is 0 Å². The fraction of sp³-hybridized carbons (Fsp3) is 0.346. The third kappa shape index (κ3) is 6.27. The monoisotopic (exact) mass is 772 g/mol. The Morgan fingerprint density at radius 2 is 0.912 bits per heavy atom. The Labute approximate surface area is 342 Å². The van der Waals surface area contributed by atoms with Gasteiger partial charge in [-0.15, -0.1) is 0 Å². The van der Waals surface area contributed by atoms with Crippen LogP contribution in [-0.2, 0) is 16.2 Å². The first-order valence-electron chi connectivity index (χ1n) is 20.9. The molecule has 4 aliphatic rings. The summed E-state index contributed by atoms with van der Waals surface area (Å²) in [6.45, 7) is 13.6. The highest BCUT2D eigenvalue weighted by Gasteiger charge is 2.52. The van der Waals surface area contributed by atoms with Gasteiger partial charge in [-0.2, -0.15) is 0 Å². The molecule has 0 amide bonds. The number of para-hydroxylation sites is 2. The summed E-state index contributed by atoms with van der Waals surface area (Å²) in [5.74, 6) is 2.37. The summed E-state index contributed by atoms with van der Waals surface area (Å²) in [7, 11) is 0. The molecule has 4 saturated carbocycles. The predicted octanol–water partition coefficient (Wildman–Crippen LogP) is 15.8. The van der Waals surface area contributed by atoms with Crippen molar-refractivity contribution < 1.29 is 8.83 Å². The van der Waals surface area contributed by atoms with Crippen LogP contribution < -0.4 is 9.80 Å². The zero-order valence-corrected chi connectivity index (χ0v) is 34.9. The molecule has 0 aliphatic heterocycles. The molecule has 4 bridgehead atoms. The minimum atomic E-state index is 0.0192. The Morgan fingerprint density at radius 3 is 1.30 bits per heavy atom. The molecule has 0 spiro atoms. The first kappa shape index (κ1) is 36.4. The molecule has 4 aliphatic carbocycles. The highest BCUT2D eigenvalue weighted by molar-refractivity contribution is 6.37. The highest BCUT2D eigenvalue weighted by atomic mass is 35.5. The third-order valence-electron chi connectivity index (χ3n) is 13.6. The van der Waals surface area contributed by atoms with Crippen molar-refractivity contribution in [3.05, 3.63) is 143 Å². The van der Waals surface area contributed by atoms with E-state index in [1.54, 1.807) is 0 Å². The largest absolute Gasteiger partial charge is 0.462 e. The molecular formula is C52H53ClN2O2. The summed E-state index contributed by atoms with van der Waals surface area (Å²) in [6.07, 6.45) is 11.7. The second-order valence-corrected chi connectivity index (χ2v) is 19.9. The van der Waals surface area contributed by atoms with Gasteiger partial charge in [-0.1, -0.05) is 102 Å². The number of furan rings is 2. The minimum Gasteiger partial charge on any atom is -0.462 e. The Morgan fingerprint density at radius 1 is 0.526 bits per heavy atom. The van der Waals surface area contributed by atoms with Crippen LogP contribution in [0.15, 0.2) is 131 Å². The van der Waals surface area contributed by atoms with Crippen molar-refractivity contribution in [1.29, 1.82) is 0 Å². The smallest absolute Gasteiger partial charge is 0.136 e. The maximum Gasteiger partial charge on any atom is 0.136 e. The molecule has 0 radical (unpaired) electrons. The summed E-state index contributed by atoms with van der Waals surface area (Å²) >= 11 is 8.08. The van der Waals surface area contributed by atoms with Crippen molar-refractivity contribution in [2.45, 2.75) is 96.3 Å². The molecule has 57 heavy (non-hydrogen) atoms. The molecule has 0 N–H and O–H groups in total. The van der Waals surface area contributed by atoms with Crippen LogP contribution in [0.2, 0.25) is 5.02 Å². The summed E-state index contributed by atoms with van der Waals surface area (Å²) in [6, 6.07) is 39.6. The van der Waals surface area contributed by atoms with Gasteiger partial charge in [0.25, 0.3) is 0 Å². The van der Waals surface area contributed by atoms with Gasteiger partial charge < -0.3 is 18.6 Å². The van der Waals surface area contributed by atoms with Crippen LogP contribution in [0.25, 0.3) is 21.9 Å². The molecule has 2 heterocycles. The number of fused-ring (bicyclic) bond motifs is 2. The second-order valence-electron chi connectivity index (χ2n) is 19.5. The van der Waals surface area contributed by atoms with Gasteiger partial charge in [0.2, 0.25) is 0 Å². The lowest BCUT2D eigenvalue weighted by Crippen LogP contribution is -2.48. The Balaban J connectivity index is 1.26. The zero-order chi connectivity index (χ0) is 39.3. The number of rotatable bonds is 7. The number of nitrogens with zero attached hydrogens (tertiary/aromatic N) is 2. The van der Waals surface area contributed by atoms with Crippen molar-refractivity contribution in [1.82, 2.24) is 0 Å². The summed E-state index contributed by atoms with van der Waals surface area (Å²) in [4.78, 5) is 4.70. The highest BCUT2D eigenvalue weighted by Crippen LogP contribution is 2.62. The van der Waals surface area contributed by atoms with Gasteiger partial charge in [0.05, 0.1) is 27.8 Å². The molecule has 0 atom stereocenters. The lowest BCUT2D eigenvalue weighted by Gasteiger charge is -2.57. The molecule has 0 saturated heterocycles. The lowest BCUT2D eigenvalue weighted by atomic mass is 9.48. The molecule has 11 rings (SSSR count). The topological polar surface area (TPSA) is 32.8 Å². The first-order chi connectivity index (χ1) is 27.3. The molecule has 2 aromatic heterocycles. The SMILES string of the molecule is CC(C)(C)c1ccc(N(c2cc(C34CC5CC(CC(C5)C3)C4)cc(N(c3ccc(C(C)(C)C)cc3)c3coc4ccccc34)c2Cl)c2coc3ccccc23)cc1. The van der Waals surface area contributed by atoms with E-state index < -0.39 is 0 Å². The fourth-order valence-corrected chi connectivity index (χ4v) is 11.3. The van der Waals surface area contributed by atoms with Crippen LogP contribution in [0.5, 0.6) is 0 Å². The van der Waals surface area contributed by atoms with Gasteiger partial charge in [0, 0.05) is 22.1 Å². The van der Waals surface area contributed by atoms with Crippen molar-refractivity contribution in [2.75, 3.05) is 9.80 Å². The van der Waals surface area contributed by atoms with E-state index in [2.05, 4.69) is 136 Å². The third-order valence-corrected chi connectivity index (χ3v) is 13.9. The normalized spacial score (nSPS) is 21.8. The molecule has 4 fully saturated rings. The number of hydrogen-bond acceptors (Lipinski definition) is 4. The average molecular weight is 773 g/mol. The van der Waals surface area contributed by atoms with Crippen molar-refractivity contribution >= 4 is 67.7 Å². The van der Waals surface area contributed by atoms with Gasteiger partial charge >= 0.3 is 0 Å². The van der Waals surface area contributed by atoms with Crippen molar-refractivity contribution in [3.8, 4) is 0 Å². The zero-order valence-electron chi connectivity index (χ0n) is 34.1. The molecule has 5 aromatic carbocycles. The van der Waals surface area contributed by atoms with Crippen molar-refractivity contribution in [2.24, 2.45) is 17.8 Å². The molecular weight excluding hydrogens is 720 g/mol. The summed E-state index contributed by atoms with van der Waals surface area (Å²) in [5.41, 5.74) is 11.7.